The predicted octanol–water partition coefficient (Wildman–Crippen LogP) is 3.33. The normalized spacial score (nSPS) is 14.9. The van der Waals surface area contributed by atoms with Crippen LogP contribution in [0.5, 0.6) is 0 Å². The Kier molecular flexibility index (Phi) is 4.48. The third-order valence-electron chi connectivity index (χ3n) is 5.87. The van der Waals surface area contributed by atoms with Gasteiger partial charge < -0.3 is 4.90 Å². The number of amides is 1. The lowest BCUT2D eigenvalue weighted by Gasteiger charge is -2.33. The van der Waals surface area contributed by atoms with Crippen molar-refractivity contribution in [1.82, 2.24) is 19.7 Å². The summed E-state index contributed by atoms with van der Waals surface area (Å²) in [5.74, 6) is -2.13. The molecule has 0 atom stereocenters. The molecule has 0 bridgehead atoms. The lowest BCUT2D eigenvalue weighted by atomic mass is 9.59. The fourth-order valence-corrected chi connectivity index (χ4v) is 4.21. The second-order valence-electron chi connectivity index (χ2n) is 8.03. The molecule has 9 heteroatoms. The van der Waals surface area contributed by atoms with Gasteiger partial charge in [0.1, 0.15) is 11.6 Å². The van der Waals surface area contributed by atoms with Crippen LogP contribution in [0.4, 0.5) is 8.78 Å². The van der Waals surface area contributed by atoms with E-state index in [1.165, 1.54) is 24.4 Å². The molecule has 0 fully saturated rings. The van der Waals surface area contributed by atoms with Crippen molar-refractivity contribution in [2.24, 2.45) is 7.05 Å². The molecule has 1 amide bonds. The van der Waals surface area contributed by atoms with E-state index in [2.05, 4.69) is 10.1 Å². The van der Waals surface area contributed by atoms with Crippen LogP contribution in [-0.4, -0.2) is 41.3 Å². The quantitative estimate of drug-likeness (QED) is 0.475. The number of hydrogen-bond acceptors (Lipinski definition) is 3. The summed E-state index contributed by atoms with van der Waals surface area (Å²) in [6, 6.07) is 9.27. The maximum absolute atomic E-state index is 15.1. The number of aromatic nitrogens is 3. The minimum atomic E-state index is -1.77. The summed E-state index contributed by atoms with van der Waals surface area (Å²) in [5, 5.41) is 3.44. The molecular formula is C23H16B2F2N4O. The Hall–Kier alpha value is -3.48. The van der Waals surface area contributed by atoms with Gasteiger partial charge in [0, 0.05) is 35.7 Å². The number of halogens is 2. The Morgan fingerprint density at radius 2 is 1.81 bits per heavy atom. The van der Waals surface area contributed by atoms with Crippen molar-refractivity contribution < 1.29 is 13.6 Å². The molecule has 0 spiro atoms. The number of carbonyl (C=O) groups is 1. The van der Waals surface area contributed by atoms with Crippen LogP contribution in [0, 0.1) is 18.6 Å². The summed E-state index contributed by atoms with van der Waals surface area (Å²) in [5.41, 5.74) is 2.83. The van der Waals surface area contributed by atoms with Crippen LogP contribution in [0.25, 0.3) is 22.0 Å². The first-order valence-corrected chi connectivity index (χ1v) is 9.95. The molecule has 4 aromatic rings. The molecule has 4 radical (unpaired) electrons. The Morgan fingerprint density at radius 1 is 1.09 bits per heavy atom. The molecule has 3 heterocycles. The van der Waals surface area contributed by atoms with Gasteiger partial charge in [-0.2, -0.15) is 5.10 Å². The van der Waals surface area contributed by atoms with E-state index >= 15 is 8.78 Å². The van der Waals surface area contributed by atoms with Crippen LogP contribution in [0.1, 0.15) is 27.2 Å². The van der Waals surface area contributed by atoms with Gasteiger partial charge in [-0.1, -0.05) is 12.1 Å². The number of aryl methyl sites for hydroxylation is 2. The summed E-state index contributed by atoms with van der Waals surface area (Å²) >= 11 is 0. The van der Waals surface area contributed by atoms with Crippen molar-refractivity contribution >= 4 is 32.5 Å². The average molecular weight is 424 g/mol. The fourth-order valence-electron chi connectivity index (χ4n) is 4.21. The lowest BCUT2D eigenvalue weighted by Crippen LogP contribution is -2.45. The molecule has 5 rings (SSSR count). The summed E-state index contributed by atoms with van der Waals surface area (Å²) < 4.78 is 32.0. The summed E-state index contributed by atoms with van der Waals surface area (Å²) in [6.45, 7) is 1.49. The Bertz CT molecular complexity index is 1390. The van der Waals surface area contributed by atoms with Crippen LogP contribution >= 0.6 is 0 Å². The van der Waals surface area contributed by atoms with Crippen LogP contribution in [-0.2, 0) is 18.9 Å². The molecule has 0 unspecified atom stereocenters. The van der Waals surface area contributed by atoms with E-state index in [-0.39, 0.29) is 16.8 Å². The minimum Gasteiger partial charge on any atom is -0.340 e. The van der Waals surface area contributed by atoms with Gasteiger partial charge in [0.05, 0.1) is 39.0 Å². The number of hydrogen-bond donors (Lipinski definition) is 0. The molecule has 0 N–H and O–H groups in total. The smallest absolute Gasteiger partial charge is 0.255 e. The summed E-state index contributed by atoms with van der Waals surface area (Å²) in [4.78, 5) is 17.9. The minimum absolute atomic E-state index is 0.168. The number of fused-ring (bicyclic) bond motifs is 2. The van der Waals surface area contributed by atoms with Gasteiger partial charge in [-0.25, -0.2) is 8.78 Å². The van der Waals surface area contributed by atoms with E-state index in [4.69, 9.17) is 15.7 Å². The van der Waals surface area contributed by atoms with Crippen molar-refractivity contribution in [2.45, 2.75) is 18.8 Å². The topological polar surface area (TPSA) is 51.0 Å². The third-order valence-corrected chi connectivity index (χ3v) is 5.87. The maximum Gasteiger partial charge on any atom is 0.255 e. The highest BCUT2D eigenvalue weighted by Crippen LogP contribution is 2.36. The molecule has 1 aliphatic rings. The highest BCUT2D eigenvalue weighted by Gasteiger charge is 2.43. The fraction of sp³-hybridized carbons (Fsp3) is 0.174. The van der Waals surface area contributed by atoms with Gasteiger partial charge in [0.2, 0.25) is 0 Å². The standard InChI is InChI=1S/C23H16B2F2N4O/c1-12-5-6-14(16-10-30(2)29-20(12)16)13-8-18(26)17(19(27)9-13)11-31-22(32)15-4-3-7-28-21(15)23(31,24)25/h3-10H,11H2,1-2H3. The highest BCUT2D eigenvalue weighted by molar-refractivity contribution is 6.42. The molecular weight excluding hydrogens is 408 g/mol. The monoisotopic (exact) mass is 424 g/mol. The SMILES string of the molecule is [B]C1([B])c2ncccc2C(=O)N1Cc1c(F)cc(-c2ccc(C)c3nn(C)cc23)cc1F. The van der Waals surface area contributed by atoms with Gasteiger partial charge in [-0.3, -0.25) is 14.5 Å². The molecule has 0 aliphatic carbocycles. The third kappa shape index (κ3) is 2.95. The van der Waals surface area contributed by atoms with Crippen molar-refractivity contribution in [3.05, 3.63) is 82.8 Å². The van der Waals surface area contributed by atoms with E-state index in [0.29, 0.717) is 11.1 Å². The summed E-state index contributed by atoms with van der Waals surface area (Å²) in [6.07, 6.45) is 3.27. The first-order valence-electron chi connectivity index (χ1n) is 9.95. The summed E-state index contributed by atoms with van der Waals surface area (Å²) in [7, 11) is 14.1. The second kappa shape index (κ2) is 7.02. The second-order valence-corrected chi connectivity index (χ2v) is 8.03. The number of nitrogens with zero attached hydrogens (tertiary/aromatic N) is 4. The first kappa shape index (κ1) is 20.4. The van der Waals surface area contributed by atoms with Gasteiger partial charge in [0.25, 0.3) is 5.91 Å². The Labute approximate surface area is 185 Å². The molecule has 32 heavy (non-hydrogen) atoms. The number of pyridine rings is 1. The lowest BCUT2D eigenvalue weighted by molar-refractivity contribution is 0.0727. The molecule has 1 aliphatic heterocycles. The maximum atomic E-state index is 15.1. The van der Waals surface area contributed by atoms with Crippen LogP contribution in [0.15, 0.2) is 48.8 Å². The largest absolute Gasteiger partial charge is 0.340 e. The van der Waals surface area contributed by atoms with Gasteiger partial charge in [-0.05, 0) is 47.9 Å². The van der Waals surface area contributed by atoms with Gasteiger partial charge >= 0.3 is 0 Å². The Morgan fingerprint density at radius 3 is 2.50 bits per heavy atom. The molecule has 154 valence electrons. The molecule has 2 aromatic heterocycles. The number of benzene rings is 2. The van der Waals surface area contributed by atoms with Crippen molar-refractivity contribution in [3.8, 4) is 11.1 Å². The van der Waals surface area contributed by atoms with E-state index < -0.39 is 29.4 Å². The molecule has 5 nitrogen and oxygen atoms in total. The molecule has 0 saturated carbocycles. The van der Waals surface area contributed by atoms with Crippen molar-refractivity contribution in [1.29, 1.82) is 0 Å². The van der Waals surface area contributed by atoms with Gasteiger partial charge in [0.15, 0.2) is 0 Å². The zero-order valence-electron chi connectivity index (χ0n) is 17.4. The van der Waals surface area contributed by atoms with Crippen LogP contribution in [0.2, 0.25) is 0 Å². The average Bonchev–Trinajstić information content (AvgIpc) is 3.22. The Balaban J connectivity index is 1.55. The van der Waals surface area contributed by atoms with Crippen molar-refractivity contribution in [2.75, 3.05) is 0 Å². The molecule has 0 saturated heterocycles. The zero-order chi connectivity index (χ0) is 22.8. The van der Waals surface area contributed by atoms with E-state index in [0.717, 1.165) is 21.4 Å². The number of carbonyl (C=O) groups excluding carboxylic acids is 1. The van der Waals surface area contributed by atoms with Crippen LogP contribution in [0.3, 0.4) is 0 Å². The zero-order valence-corrected chi connectivity index (χ0v) is 17.4. The van der Waals surface area contributed by atoms with Crippen molar-refractivity contribution in [3.63, 3.8) is 0 Å². The van der Waals surface area contributed by atoms with E-state index in [1.54, 1.807) is 17.8 Å². The van der Waals surface area contributed by atoms with E-state index in [1.807, 2.05) is 25.3 Å². The number of rotatable bonds is 3. The molecule has 2 aromatic carbocycles. The van der Waals surface area contributed by atoms with Gasteiger partial charge in [-0.15, -0.1) is 0 Å². The first-order chi connectivity index (χ1) is 15.2. The predicted molar refractivity (Wildman–Crippen MR) is 118 cm³/mol. The van der Waals surface area contributed by atoms with E-state index in [9.17, 15) is 4.79 Å². The van der Waals surface area contributed by atoms with Crippen LogP contribution < -0.4 is 0 Å². The highest BCUT2D eigenvalue weighted by atomic mass is 19.1.